The van der Waals surface area contributed by atoms with Gasteiger partial charge in [0.1, 0.15) is 0 Å². The molecule has 2 atom stereocenters. The number of ether oxygens (including phenoxy) is 1. The van der Waals surface area contributed by atoms with E-state index in [2.05, 4.69) is 27.4 Å². The van der Waals surface area contributed by atoms with Crippen LogP contribution < -0.4 is 5.32 Å². The summed E-state index contributed by atoms with van der Waals surface area (Å²) in [6, 6.07) is 3.97. The van der Waals surface area contributed by atoms with Crippen LogP contribution >= 0.6 is 0 Å². The molecule has 6 heteroatoms. The molecule has 0 bridgehead atoms. The number of nitrogens with zero attached hydrogens (tertiary/aromatic N) is 3. The quantitative estimate of drug-likeness (QED) is 0.891. The van der Waals surface area contributed by atoms with Crippen LogP contribution in [-0.2, 0) is 4.74 Å². The van der Waals surface area contributed by atoms with Crippen molar-refractivity contribution < 1.29 is 9.26 Å². The number of hydrogen-bond acceptors (Lipinski definition) is 6. The van der Waals surface area contributed by atoms with Crippen molar-refractivity contribution in [1.29, 1.82) is 0 Å². The van der Waals surface area contributed by atoms with Gasteiger partial charge in [0.2, 0.25) is 11.7 Å². The average Bonchev–Trinajstić information content (AvgIpc) is 3.08. The summed E-state index contributed by atoms with van der Waals surface area (Å²) >= 11 is 0. The highest BCUT2D eigenvalue weighted by Gasteiger charge is 2.33. The van der Waals surface area contributed by atoms with Crippen molar-refractivity contribution in [3.8, 4) is 11.4 Å². The number of pyridine rings is 1. The maximum Gasteiger partial charge on any atom is 0.234 e. The van der Waals surface area contributed by atoms with E-state index in [0.29, 0.717) is 24.9 Å². The van der Waals surface area contributed by atoms with Gasteiger partial charge in [0, 0.05) is 24.0 Å². The highest BCUT2D eigenvalue weighted by Crippen LogP contribution is 2.26. The number of nitrogens with one attached hydrogen (secondary N) is 1. The van der Waals surface area contributed by atoms with Crippen LogP contribution in [0.15, 0.2) is 29.0 Å². The van der Waals surface area contributed by atoms with Gasteiger partial charge in [0.15, 0.2) is 0 Å². The maximum atomic E-state index is 5.49. The first-order valence-electron chi connectivity index (χ1n) is 6.43. The molecule has 1 saturated heterocycles. The molecular weight excluding hydrogens is 244 g/mol. The van der Waals surface area contributed by atoms with Crippen LogP contribution in [0.2, 0.25) is 0 Å². The summed E-state index contributed by atoms with van der Waals surface area (Å²) < 4.78 is 10.9. The predicted octanol–water partition coefficient (Wildman–Crippen LogP) is 1.22. The van der Waals surface area contributed by atoms with Gasteiger partial charge in [-0.25, -0.2) is 0 Å². The van der Waals surface area contributed by atoms with Gasteiger partial charge in [-0.05, 0) is 18.7 Å². The van der Waals surface area contributed by atoms with E-state index in [0.717, 1.165) is 12.1 Å². The van der Waals surface area contributed by atoms with E-state index in [1.54, 1.807) is 12.4 Å². The fourth-order valence-electron chi connectivity index (χ4n) is 2.27. The first-order chi connectivity index (χ1) is 9.38. The third-order valence-electron chi connectivity index (χ3n) is 3.24. The third-order valence-corrected chi connectivity index (χ3v) is 3.24. The first-order valence-corrected chi connectivity index (χ1v) is 6.43. The zero-order valence-corrected chi connectivity index (χ0v) is 10.7. The second kappa shape index (κ2) is 5.46. The van der Waals surface area contributed by atoms with Gasteiger partial charge >= 0.3 is 0 Å². The summed E-state index contributed by atoms with van der Waals surface area (Å²) in [5.41, 5.74) is 0.906. The largest absolute Gasteiger partial charge is 0.379 e. The van der Waals surface area contributed by atoms with E-state index < -0.39 is 0 Å². The summed E-state index contributed by atoms with van der Waals surface area (Å²) in [6.45, 7) is 4.28. The van der Waals surface area contributed by atoms with Crippen LogP contribution in [0.3, 0.4) is 0 Å². The van der Waals surface area contributed by atoms with Crippen LogP contribution in [0.4, 0.5) is 0 Å². The van der Waals surface area contributed by atoms with Crippen LogP contribution in [0.1, 0.15) is 18.7 Å². The van der Waals surface area contributed by atoms with E-state index >= 15 is 0 Å². The van der Waals surface area contributed by atoms with Gasteiger partial charge < -0.3 is 14.6 Å². The van der Waals surface area contributed by atoms with Crippen molar-refractivity contribution in [2.24, 2.45) is 0 Å². The zero-order valence-electron chi connectivity index (χ0n) is 10.7. The van der Waals surface area contributed by atoms with Gasteiger partial charge in [0.05, 0.1) is 19.1 Å². The van der Waals surface area contributed by atoms with Crippen molar-refractivity contribution in [2.75, 3.05) is 19.8 Å². The smallest absolute Gasteiger partial charge is 0.234 e. The second-order valence-electron chi connectivity index (χ2n) is 4.50. The molecule has 2 aromatic heterocycles. The van der Waals surface area contributed by atoms with E-state index in [-0.39, 0.29) is 12.0 Å². The van der Waals surface area contributed by atoms with Gasteiger partial charge in [0.25, 0.3) is 0 Å². The Morgan fingerprint density at radius 3 is 2.95 bits per heavy atom. The van der Waals surface area contributed by atoms with Crippen LogP contribution in [0, 0.1) is 0 Å². The van der Waals surface area contributed by atoms with Crippen molar-refractivity contribution in [1.82, 2.24) is 20.4 Å². The summed E-state index contributed by atoms with van der Waals surface area (Å²) in [5, 5.41) is 7.41. The van der Waals surface area contributed by atoms with Gasteiger partial charge in [-0.1, -0.05) is 12.1 Å². The minimum atomic E-state index is 0.128. The number of aromatic nitrogens is 3. The molecule has 0 spiro atoms. The average molecular weight is 260 g/mol. The van der Waals surface area contributed by atoms with Crippen LogP contribution in [-0.4, -0.2) is 40.9 Å². The lowest BCUT2D eigenvalue weighted by atomic mass is 10.0. The third kappa shape index (κ3) is 2.50. The minimum Gasteiger partial charge on any atom is -0.379 e. The molecule has 0 aromatic carbocycles. The molecule has 3 heterocycles. The van der Waals surface area contributed by atoms with Crippen molar-refractivity contribution in [3.05, 3.63) is 30.4 Å². The summed E-state index contributed by atoms with van der Waals surface area (Å²) in [5.74, 6) is 1.36. The Kier molecular flexibility index (Phi) is 3.52. The summed E-state index contributed by atoms with van der Waals surface area (Å²) in [7, 11) is 0. The molecule has 2 aromatic rings. The lowest BCUT2D eigenvalue weighted by molar-refractivity contribution is 0.185. The minimum absolute atomic E-state index is 0.128. The van der Waals surface area contributed by atoms with Crippen LogP contribution in [0.5, 0.6) is 0 Å². The molecule has 2 unspecified atom stereocenters. The van der Waals surface area contributed by atoms with Crippen molar-refractivity contribution in [2.45, 2.75) is 18.9 Å². The maximum absolute atomic E-state index is 5.49. The predicted molar refractivity (Wildman–Crippen MR) is 68.6 cm³/mol. The molecule has 19 heavy (non-hydrogen) atoms. The fourth-order valence-corrected chi connectivity index (χ4v) is 2.27. The van der Waals surface area contributed by atoms with Crippen LogP contribution in [0.25, 0.3) is 11.4 Å². The molecule has 1 aliphatic rings. The second-order valence-corrected chi connectivity index (χ2v) is 4.50. The molecule has 0 amide bonds. The molecule has 100 valence electrons. The molecule has 0 aliphatic carbocycles. The van der Waals surface area contributed by atoms with E-state index in [9.17, 15) is 0 Å². The number of hydrogen-bond donors (Lipinski definition) is 1. The zero-order chi connectivity index (χ0) is 13.1. The Labute approximate surface area is 111 Å². The molecule has 1 fully saturated rings. The molecule has 6 nitrogen and oxygen atoms in total. The van der Waals surface area contributed by atoms with Crippen molar-refractivity contribution in [3.63, 3.8) is 0 Å². The highest BCUT2D eigenvalue weighted by molar-refractivity contribution is 5.52. The number of likely N-dealkylation sites (N-methyl/N-ethyl adjacent to an activating group) is 1. The lowest BCUT2D eigenvalue weighted by Crippen LogP contribution is -2.34. The van der Waals surface area contributed by atoms with Gasteiger partial charge in [-0.15, -0.1) is 0 Å². The normalized spacial score (nSPS) is 22.8. The monoisotopic (exact) mass is 260 g/mol. The Morgan fingerprint density at radius 1 is 1.32 bits per heavy atom. The SMILES string of the molecule is CCNC1COCC1c1nc(-c2ccncc2)no1. The first kappa shape index (κ1) is 12.3. The molecule has 0 saturated carbocycles. The Hall–Kier alpha value is -1.79. The lowest BCUT2D eigenvalue weighted by Gasteiger charge is -2.13. The van der Waals surface area contributed by atoms with E-state index in [4.69, 9.17) is 9.26 Å². The molecule has 1 aliphatic heterocycles. The highest BCUT2D eigenvalue weighted by atomic mass is 16.5. The molecule has 1 N–H and O–H groups in total. The van der Waals surface area contributed by atoms with E-state index in [1.807, 2.05) is 12.1 Å². The molecular formula is C13H16N4O2. The van der Waals surface area contributed by atoms with E-state index in [1.165, 1.54) is 0 Å². The van der Waals surface area contributed by atoms with Gasteiger partial charge in [-0.2, -0.15) is 4.98 Å². The summed E-state index contributed by atoms with van der Waals surface area (Å²) in [6.07, 6.45) is 3.43. The Bertz CT molecular complexity index is 528. The molecule has 0 radical (unpaired) electrons. The Balaban J connectivity index is 1.81. The molecule has 3 rings (SSSR count). The topological polar surface area (TPSA) is 73.1 Å². The fraction of sp³-hybridized carbons (Fsp3) is 0.462. The summed E-state index contributed by atoms with van der Waals surface area (Å²) in [4.78, 5) is 8.44. The standard InChI is InChI=1S/C13H16N4O2/c1-2-15-11-8-18-7-10(11)13-16-12(17-19-13)9-3-5-14-6-4-9/h3-6,10-11,15H,2,7-8H2,1H3. The number of rotatable bonds is 4. The van der Waals surface area contributed by atoms with Crippen molar-refractivity contribution >= 4 is 0 Å². The Morgan fingerprint density at radius 2 is 2.16 bits per heavy atom. The van der Waals surface area contributed by atoms with Gasteiger partial charge in [-0.3, -0.25) is 4.98 Å².